The van der Waals surface area contributed by atoms with E-state index in [0.717, 1.165) is 11.1 Å². The van der Waals surface area contributed by atoms with E-state index in [1.165, 1.54) is 26.0 Å². The maximum Gasteiger partial charge on any atom is 0.253 e. The molecule has 0 bridgehead atoms. The standard InChI is InChI=1S/C24H27F2NO4/c1-16-11-17(7-8-20(16)29-14-23(2,3)26)22(28)27-10-9-24(21(13-27)30-15-31-24)18-5-4-6-19(25)12-18/h4-8,11-12,21H,9-10,13-15H2,1-3H3/t21-,24-/m1/s1. The Labute approximate surface area is 180 Å². The van der Waals surface area contributed by atoms with Crippen LogP contribution in [0.25, 0.3) is 0 Å². The van der Waals surface area contributed by atoms with Gasteiger partial charge < -0.3 is 19.1 Å². The second-order valence-electron chi connectivity index (χ2n) is 8.81. The van der Waals surface area contributed by atoms with Gasteiger partial charge in [0, 0.05) is 18.5 Å². The lowest BCUT2D eigenvalue weighted by molar-refractivity contribution is -0.0441. The fraction of sp³-hybridized carbons (Fsp3) is 0.458. The summed E-state index contributed by atoms with van der Waals surface area (Å²) in [6.07, 6.45) is 0.140. The van der Waals surface area contributed by atoms with Gasteiger partial charge >= 0.3 is 0 Å². The van der Waals surface area contributed by atoms with E-state index in [0.29, 0.717) is 30.8 Å². The molecule has 4 rings (SSSR count). The van der Waals surface area contributed by atoms with Gasteiger partial charge in [-0.05, 0) is 62.2 Å². The number of carbonyl (C=O) groups excluding carboxylic acids is 1. The molecule has 0 saturated carbocycles. The first-order chi connectivity index (χ1) is 14.7. The predicted molar refractivity (Wildman–Crippen MR) is 111 cm³/mol. The van der Waals surface area contributed by atoms with Crippen LogP contribution in [-0.4, -0.2) is 49.1 Å². The lowest BCUT2D eigenvalue weighted by atomic mass is 9.82. The van der Waals surface area contributed by atoms with Crippen LogP contribution in [0.2, 0.25) is 0 Å². The van der Waals surface area contributed by atoms with E-state index < -0.39 is 11.3 Å². The summed E-state index contributed by atoms with van der Waals surface area (Å²) in [5.74, 6) is 0.107. The summed E-state index contributed by atoms with van der Waals surface area (Å²) in [6, 6.07) is 11.5. The monoisotopic (exact) mass is 431 g/mol. The zero-order chi connectivity index (χ0) is 22.2. The Bertz CT molecular complexity index is 974. The third-order valence-electron chi connectivity index (χ3n) is 5.84. The first-order valence-electron chi connectivity index (χ1n) is 10.4. The number of nitrogens with zero attached hydrogens (tertiary/aromatic N) is 1. The summed E-state index contributed by atoms with van der Waals surface area (Å²) in [6.45, 7) is 5.60. The van der Waals surface area contributed by atoms with Crippen molar-refractivity contribution >= 4 is 5.91 Å². The molecule has 0 unspecified atom stereocenters. The Hall–Kier alpha value is -2.51. The fourth-order valence-electron chi connectivity index (χ4n) is 4.20. The van der Waals surface area contributed by atoms with Gasteiger partial charge in [0.05, 0.1) is 6.54 Å². The van der Waals surface area contributed by atoms with Gasteiger partial charge in [-0.15, -0.1) is 0 Å². The van der Waals surface area contributed by atoms with Crippen molar-refractivity contribution in [1.82, 2.24) is 4.90 Å². The molecule has 2 saturated heterocycles. The molecule has 7 heteroatoms. The third-order valence-corrected chi connectivity index (χ3v) is 5.84. The van der Waals surface area contributed by atoms with Crippen LogP contribution in [0, 0.1) is 12.7 Å². The number of alkyl halides is 1. The Morgan fingerprint density at radius 3 is 2.81 bits per heavy atom. The van der Waals surface area contributed by atoms with Gasteiger partial charge in [-0.1, -0.05) is 12.1 Å². The average molecular weight is 431 g/mol. The molecule has 0 aliphatic carbocycles. The van der Waals surface area contributed by atoms with Crippen LogP contribution < -0.4 is 4.74 Å². The molecule has 166 valence electrons. The van der Waals surface area contributed by atoms with Crippen LogP contribution in [0.1, 0.15) is 41.8 Å². The molecule has 2 fully saturated rings. The number of halogens is 2. The van der Waals surface area contributed by atoms with Gasteiger partial charge in [-0.2, -0.15) is 0 Å². The largest absolute Gasteiger partial charge is 0.490 e. The number of likely N-dealkylation sites (tertiary alicyclic amines) is 1. The van der Waals surface area contributed by atoms with E-state index in [-0.39, 0.29) is 31.2 Å². The zero-order valence-corrected chi connectivity index (χ0v) is 18.0. The Morgan fingerprint density at radius 1 is 1.29 bits per heavy atom. The molecule has 0 spiro atoms. The quantitative estimate of drug-likeness (QED) is 0.705. The summed E-state index contributed by atoms with van der Waals surface area (Å²) in [5, 5.41) is 0. The maximum absolute atomic E-state index is 13.8. The van der Waals surface area contributed by atoms with Crippen molar-refractivity contribution in [2.45, 2.75) is 44.6 Å². The first kappa shape index (κ1) is 21.7. The first-order valence-corrected chi connectivity index (χ1v) is 10.4. The summed E-state index contributed by atoms with van der Waals surface area (Å²) in [5.41, 5.74) is -0.156. The molecule has 31 heavy (non-hydrogen) atoms. The maximum atomic E-state index is 13.8. The van der Waals surface area contributed by atoms with Gasteiger partial charge in [0.25, 0.3) is 5.91 Å². The average Bonchev–Trinajstić information content (AvgIpc) is 3.16. The highest BCUT2D eigenvalue weighted by Crippen LogP contribution is 2.43. The molecule has 2 aliphatic heterocycles. The summed E-state index contributed by atoms with van der Waals surface area (Å²) >= 11 is 0. The van der Waals surface area contributed by atoms with E-state index in [2.05, 4.69) is 0 Å². The Kier molecular flexibility index (Phi) is 5.75. The Balaban J connectivity index is 1.48. The minimum Gasteiger partial charge on any atom is -0.490 e. The molecular formula is C24H27F2NO4. The molecule has 0 aromatic heterocycles. The zero-order valence-electron chi connectivity index (χ0n) is 18.0. The number of hydrogen-bond donors (Lipinski definition) is 0. The molecule has 2 atom stereocenters. The lowest BCUT2D eigenvalue weighted by Gasteiger charge is -2.42. The Morgan fingerprint density at radius 2 is 2.10 bits per heavy atom. The number of benzene rings is 2. The minimum absolute atomic E-state index is 0.0611. The molecule has 1 amide bonds. The fourth-order valence-corrected chi connectivity index (χ4v) is 4.20. The van der Waals surface area contributed by atoms with Gasteiger partial charge in [0.2, 0.25) is 0 Å². The van der Waals surface area contributed by atoms with Crippen LogP contribution in [0.3, 0.4) is 0 Å². The summed E-state index contributed by atoms with van der Waals surface area (Å²) < 4.78 is 44.8. The second-order valence-corrected chi connectivity index (χ2v) is 8.81. The lowest BCUT2D eigenvalue weighted by Crippen LogP contribution is -2.53. The number of aryl methyl sites for hydroxylation is 1. The van der Waals surface area contributed by atoms with E-state index in [1.807, 2.05) is 13.0 Å². The van der Waals surface area contributed by atoms with Gasteiger partial charge in [-0.25, -0.2) is 8.78 Å². The van der Waals surface area contributed by atoms with Crippen molar-refractivity contribution in [1.29, 1.82) is 0 Å². The van der Waals surface area contributed by atoms with Crippen LogP contribution in [0.15, 0.2) is 42.5 Å². The molecule has 2 aromatic carbocycles. The second kappa shape index (κ2) is 8.20. The number of piperidine rings is 1. The molecule has 5 nitrogen and oxygen atoms in total. The topological polar surface area (TPSA) is 48.0 Å². The highest BCUT2D eigenvalue weighted by molar-refractivity contribution is 5.94. The van der Waals surface area contributed by atoms with Crippen molar-refractivity contribution in [3.8, 4) is 5.75 Å². The summed E-state index contributed by atoms with van der Waals surface area (Å²) in [7, 11) is 0. The normalized spacial score (nSPS) is 23.5. The highest BCUT2D eigenvalue weighted by atomic mass is 19.1. The van der Waals surface area contributed by atoms with E-state index >= 15 is 0 Å². The van der Waals surface area contributed by atoms with Crippen LogP contribution in [0.4, 0.5) is 8.78 Å². The van der Waals surface area contributed by atoms with E-state index in [4.69, 9.17) is 14.2 Å². The number of rotatable bonds is 5. The van der Waals surface area contributed by atoms with Crippen molar-refractivity contribution < 1.29 is 27.8 Å². The molecule has 0 N–H and O–H groups in total. The molecule has 2 aromatic rings. The van der Waals surface area contributed by atoms with E-state index in [1.54, 1.807) is 29.2 Å². The SMILES string of the molecule is Cc1cc(C(=O)N2CC[C@]3(c4cccc(F)c4)OCO[C@@H]3C2)ccc1OCC(C)(C)F. The van der Waals surface area contributed by atoms with Gasteiger partial charge in [0.15, 0.2) is 0 Å². The summed E-state index contributed by atoms with van der Waals surface area (Å²) in [4.78, 5) is 14.9. The van der Waals surface area contributed by atoms with Crippen molar-refractivity contribution in [3.05, 3.63) is 65.0 Å². The van der Waals surface area contributed by atoms with Gasteiger partial charge in [-0.3, -0.25) is 4.79 Å². The number of hydrogen-bond acceptors (Lipinski definition) is 4. The molecule has 0 radical (unpaired) electrons. The van der Waals surface area contributed by atoms with Gasteiger partial charge in [0.1, 0.15) is 42.3 Å². The van der Waals surface area contributed by atoms with Crippen LogP contribution in [0.5, 0.6) is 5.75 Å². The minimum atomic E-state index is -1.44. The molecule has 2 aliphatic rings. The number of carbonyl (C=O) groups is 1. The third kappa shape index (κ3) is 4.43. The highest BCUT2D eigenvalue weighted by Gasteiger charge is 2.51. The molecular weight excluding hydrogens is 404 g/mol. The van der Waals surface area contributed by atoms with Crippen molar-refractivity contribution in [2.24, 2.45) is 0 Å². The smallest absolute Gasteiger partial charge is 0.253 e. The van der Waals surface area contributed by atoms with E-state index in [9.17, 15) is 13.6 Å². The van der Waals surface area contributed by atoms with Crippen LogP contribution >= 0.6 is 0 Å². The number of ether oxygens (including phenoxy) is 3. The van der Waals surface area contributed by atoms with Crippen molar-refractivity contribution in [2.75, 3.05) is 26.5 Å². The van der Waals surface area contributed by atoms with Crippen LogP contribution in [-0.2, 0) is 15.1 Å². The predicted octanol–water partition coefficient (Wildman–Crippen LogP) is 4.38. The number of fused-ring (bicyclic) bond motifs is 1. The van der Waals surface area contributed by atoms with Crippen molar-refractivity contribution in [3.63, 3.8) is 0 Å². The molecule has 2 heterocycles. The number of amides is 1.